The molecule has 102 valence electrons. The highest BCUT2D eigenvalue weighted by Gasteiger charge is 2.18. The molecule has 1 rings (SSSR count). The van der Waals surface area contributed by atoms with Crippen LogP contribution in [-0.4, -0.2) is 17.0 Å². The Morgan fingerprint density at radius 3 is 2.42 bits per heavy atom. The summed E-state index contributed by atoms with van der Waals surface area (Å²) in [6.45, 7) is 3.79. The van der Waals surface area contributed by atoms with Gasteiger partial charge in [0.25, 0.3) is 5.91 Å². The van der Waals surface area contributed by atoms with E-state index in [-0.39, 0.29) is 0 Å². The van der Waals surface area contributed by atoms with Crippen molar-refractivity contribution in [3.8, 4) is 0 Å². The summed E-state index contributed by atoms with van der Waals surface area (Å²) in [5.41, 5.74) is 2.43. The summed E-state index contributed by atoms with van der Waals surface area (Å²) in [6, 6.07) is 5.59. The van der Waals surface area contributed by atoms with Crippen molar-refractivity contribution in [3.05, 3.63) is 39.4 Å². The molecule has 0 bridgehead atoms. The molecule has 1 aromatic rings. The van der Waals surface area contributed by atoms with Gasteiger partial charge in [0.2, 0.25) is 0 Å². The smallest absolute Gasteiger partial charge is 0.349 e. The fourth-order valence-corrected chi connectivity index (χ4v) is 1.78. The highest BCUT2D eigenvalue weighted by Crippen LogP contribution is 2.23. The molecule has 0 saturated carbocycles. The number of hydrogen-bond donors (Lipinski definition) is 2. The van der Waals surface area contributed by atoms with Crippen LogP contribution in [0.2, 0.25) is 0 Å². The van der Waals surface area contributed by atoms with Gasteiger partial charge in [-0.1, -0.05) is 48.3 Å². The van der Waals surface area contributed by atoms with Gasteiger partial charge in [0.05, 0.1) is 0 Å². The highest BCUT2D eigenvalue weighted by molar-refractivity contribution is 6.54. The van der Waals surface area contributed by atoms with Crippen LogP contribution in [0.3, 0.4) is 0 Å². The first-order valence-electron chi connectivity index (χ1n) is 5.56. The van der Waals surface area contributed by atoms with E-state index in [4.69, 9.17) is 28.3 Å². The van der Waals surface area contributed by atoms with Gasteiger partial charge in [-0.3, -0.25) is 4.79 Å². The summed E-state index contributed by atoms with van der Waals surface area (Å²) in [5.74, 6) is -2.18. The molecule has 2 N–H and O–H groups in total. The van der Waals surface area contributed by atoms with E-state index in [1.807, 2.05) is 32.0 Å². The van der Waals surface area contributed by atoms with Crippen molar-refractivity contribution >= 4 is 40.8 Å². The van der Waals surface area contributed by atoms with E-state index in [0.717, 1.165) is 17.5 Å². The molecule has 0 unspecified atom stereocenters. The number of aliphatic carboxylic acids is 1. The number of hydrogen-bond acceptors (Lipinski definition) is 2. The van der Waals surface area contributed by atoms with Gasteiger partial charge in [-0.15, -0.1) is 0 Å². The molecule has 0 aromatic heterocycles. The minimum absolute atomic E-state index is 0.542. The molecule has 0 aliphatic rings. The molecule has 19 heavy (non-hydrogen) atoms. The molecular formula is C13H13Cl2NO3. The standard InChI is InChI=1S/C13H13Cl2NO3/c1-3-8-6-4-5-7(2)11(8)16-12(17)9(14)10(15)13(18)19/h4-6H,3H2,1-2H3,(H,16,17)(H,18,19)/b10-9+. The van der Waals surface area contributed by atoms with Crippen molar-refractivity contribution in [2.75, 3.05) is 5.32 Å². The van der Waals surface area contributed by atoms with E-state index in [1.54, 1.807) is 0 Å². The van der Waals surface area contributed by atoms with E-state index in [9.17, 15) is 9.59 Å². The van der Waals surface area contributed by atoms with Crippen LogP contribution in [0.25, 0.3) is 0 Å². The second-order valence-corrected chi connectivity index (χ2v) is 4.61. The Hall–Kier alpha value is -1.52. The maximum Gasteiger partial charge on any atom is 0.349 e. The number of carbonyl (C=O) groups is 2. The summed E-state index contributed by atoms with van der Waals surface area (Å²) in [6.07, 6.45) is 0.727. The zero-order valence-corrected chi connectivity index (χ0v) is 12.0. The number of nitrogens with one attached hydrogen (secondary N) is 1. The zero-order valence-electron chi connectivity index (χ0n) is 10.5. The number of anilines is 1. The minimum Gasteiger partial charge on any atom is -0.477 e. The predicted octanol–water partition coefficient (Wildman–Crippen LogP) is 3.27. The maximum absolute atomic E-state index is 11.8. The summed E-state index contributed by atoms with van der Waals surface area (Å²) in [5, 5.41) is 10.0. The first-order valence-corrected chi connectivity index (χ1v) is 6.32. The number of benzene rings is 1. The third-order valence-electron chi connectivity index (χ3n) is 2.56. The molecule has 0 heterocycles. The highest BCUT2D eigenvalue weighted by atomic mass is 35.5. The number of rotatable bonds is 4. The lowest BCUT2D eigenvalue weighted by Crippen LogP contribution is -2.16. The van der Waals surface area contributed by atoms with Crippen LogP contribution in [0.15, 0.2) is 28.3 Å². The molecular weight excluding hydrogens is 289 g/mol. The largest absolute Gasteiger partial charge is 0.477 e. The lowest BCUT2D eigenvalue weighted by atomic mass is 10.1. The zero-order chi connectivity index (χ0) is 14.6. The van der Waals surface area contributed by atoms with Crippen LogP contribution < -0.4 is 5.32 Å². The van der Waals surface area contributed by atoms with Crippen molar-refractivity contribution < 1.29 is 14.7 Å². The van der Waals surface area contributed by atoms with Gasteiger partial charge in [-0.25, -0.2) is 4.79 Å². The quantitative estimate of drug-likeness (QED) is 0.839. The van der Waals surface area contributed by atoms with Crippen molar-refractivity contribution in [1.29, 1.82) is 0 Å². The summed E-state index contributed by atoms with van der Waals surface area (Å²) in [7, 11) is 0. The van der Waals surface area contributed by atoms with Crippen molar-refractivity contribution in [2.45, 2.75) is 20.3 Å². The summed E-state index contributed by atoms with van der Waals surface area (Å²) >= 11 is 11.1. The van der Waals surface area contributed by atoms with E-state index >= 15 is 0 Å². The number of para-hydroxylation sites is 1. The molecule has 4 nitrogen and oxygen atoms in total. The molecule has 6 heteroatoms. The lowest BCUT2D eigenvalue weighted by molar-refractivity contribution is -0.132. The number of halogens is 2. The van der Waals surface area contributed by atoms with Crippen LogP contribution in [0, 0.1) is 6.92 Å². The van der Waals surface area contributed by atoms with Crippen LogP contribution in [-0.2, 0) is 16.0 Å². The Bertz CT molecular complexity index is 553. The van der Waals surface area contributed by atoms with Crippen LogP contribution >= 0.6 is 23.2 Å². The molecule has 0 radical (unpaired) electrons. The predicted molar refractivity (Wildman–Crippen MR) is 75.6 cm³/mol. The Kier molecular flexibility index (Phi) is 5.39. The van der Waals surface area contributed by atoms with Crippen molar-refractivity contribution in [1.82, 2.24) is 0 Å². The Morgan fingerprint density at radius 2 is 1.89 bits per heavy atom. The molecule has 1 aromatic carbocycles. The average molecular weight is 302 g/mol. The molecule has 0 fully saturated rings. The third kappa shape index (κ3) is 3.72. The van der Waals surface area contributed by atoms with Gasteiger partial charge < -0.3 is 10.4 Å². The van der Waals surface area contributed by atoms with Crippen LogP contribution in [0.1, 0.15) is 18.1 Å². The normalized spacial score (nSPS) is 11.8. The van der Waals surface area contributed by atoms with Gasteiger partial charge in [-0.2, -0.15) is 0 Å². The van der Waals surface area contributed by atoms with Crippen LogP contribution in [0.4, 0.5) is 5.69 Å². The number of carboxylic acids is 1. The first kappa shape index (κ1) is 15.5. The monoisotopic (exact) mass is 301 g/mol. The fraction of sp³-hybridized carbons (Fsp3) is 0.231. The third-order valence-corrected chi connectivity index (χ3v) is 3.37. The Balaban J connectivity index is 3.08. The van der Waals surface area contributed by atoms with E-state index in [2.05, 4.69) is 5.32 Å². The van der Waals surface area contributed by atoms with Crippen molar-refractivity contribution in [3.63, 3.8) is 0 Å². The average Bonchev–Trinajstić information content (AvgIpc) is 2.38. The van der Waals surface area contributed by atoms with E-state index in [1.165, 1.54) is 0 Å². The summed E-state index contributed by atoms with van der Waals surface area (Å²) in [4.78, 5) is 22.5. The van der Waals surface area contributed by atoms with Crippen molar-refractivity contribution in [2.24, 2.45) is 0 Å². The molecule has 0 atom stereocenters. The van der Waals surface area contributed by atoms with Gasteiger partial charge in [-0.05, 0) is 24.5 Å². The molecule has 0 spiro atoms. The van der Waals surface area contributed by atoms with Crippen LogP contribution in [0.5, 0.6) is 0 Å². The first-order chi connectivity index (χ1) is 8.88. The lowest BCUT2D eigenvalue weighted by Gasteiger charge is -2.12. The molecule has 1 amide bonds. The van der Waals surface area contributed by atoms with Gasteiger partial charge in [0.1, 0.15) is 10.1 Å². The number of carboxylic acid groups (broad SMARTS) is 1. The second-order valence-electron chi connectivity index (χ2n) is 3.85. The van der Waals surface area contributed by atoms with E-state index < -0.39 is 21.9 Å². The Labute approximate surface area is 121 Å². The van der Waals surface area contributed by atoms with Gasteiger partial charge in [0.15, 0.2) is 0 Å². The molecule has 0 aliphatic carbocycles. The maximum atomic E-state index is 11.8. The number of aryl methyl sites for hydroxylation is 2. The number of carbonyl (C=O) groups excluding carboxylic acids is 1. The number of amides is 1. The second kappa shape index (κ2) is 6.59. The topological polar surface area (TPSA) is 66.4 Å². The fourth-order valence-electron chi connectivity index (χ4n) is 1.56. The Morgan fingerprint density at radius 1 is 1.26 bits per heavy atom. The molecule has 0 aliphatic heterocycles. The molecule has 0 saturated heterocycles. The SMILES string of the molecule is CCc1cccc(C)c1NC(=O)/C(Cl)=C(\Cl)C(=O)O. The summed E-state index contributed by atoms with van der Waals surface area (Å²) < 4.78 is 0. The van der Waals surface area contributed by atoms with Gasteiger partial charge in [0, 0.05) is 5.69 Å². The van der Waals surface area contributed by atoms with Gasteiger partial charge >= 0.3 is 5.97 Å². The van der Waals surface area contributed by atoms with E-state index in [0.29, 0.717) is 5.69 Å². The minimum atomic E-state index is -1.44.